The molecular formula is C15H15FN4O2. The lowest BCUT2D eigenvalue weighted by Gasteiger charge is -2.17. The fraction of sp³-hybridized carbons (Fsp3) is 0.267. The zero-order valence-electron chi connectivity index (χ0n) is 12.0. The SMILES string of the molecule is Cc1cc(N2CC(C(N)=O)CC2=O)n(-c2ccc(F)cc2)n1. The van der Waals surface area contributed by atoms with Crippen LogP contribution < -0.4 is 10.6 Å². The van der Waals surface area contributed by atoms with Crippen LogP contribution in [0.2, 0.25) is 0 Å². The molecule has 1 aromatic carbocycles. The van der Waals surface area contributed by atoms with E-state index in [2.05, 4.69) is 5.10 Å². The maximum absolute atomic E-state index is 13.1. The van der Waals surface area contributed by atoms with Crippen LogP contribution in [0.3, 0.4) is 0 Å². The fourth-order valence-electron chi connectivity index (χ4n) is 2.57. The molecule has 6 nitrogen and oxygen atoms in total. The van der Waals surface area contributed by atoms with E-state index in [1.165, 1.54) is 17.0 Å². The number of nitrogens with zero attached hydrogens (tertiary/aromatic N) is 3. The van der Waals surface area contributed by atoms with Crippen molar-refractivity contribution in [2.24, 2.45) is 11.7 Å². The van der Waals surface area contributed by atoms with Crippen LogP contribution in [0.15, 0.2) is 30.3 Å². The maximum Gasteiger partial charge on any atom is 0.229 e. The number of aryl methyl sites for hydroxylation is 1. The lowest BCUT2D eigenvalue weighted by molar-refractivity contribution is -0.123. The summed E-state index contributed by atoms with van der Waals surface area (Å²) in [5.74, 6) is -0.949. The number of hydrogen-bond donors (Lipinski definition) is 1. The van der Waals surface area contributed by atoms with Gasteiger partial charge in [-0.2, -0.15) is 5.10 Å². The molecule has 1 aliphatic heterocycles. The van der Waals surface area contributed by atoms with Gasteiger partial charge in [0.15, 0.2) is 0 Å². The van der Waals surface area contributed by atoms with Crippen LogP contribution in [0.25, 0.3) is 5.69 Å². The first-order chi connectivity index (χ1) is 10.5. The number of carbonyl (C=O) groups is 2. The zero-order chi connectivity index (χ0) is 15.9. The normalized spacial score (nSPS) is 18.0. The highest BCUT2D eigenvalue weighted by Gasteiger charge is 2.35. The van der Waals surface area contributed by atoms with Gasteiger partial charge in [0.2, 0.25) is 11.8 Å². The Morgan fingerprint density at radius 1 is 1.36 bits per heavy atom. The summed E-state index contributed by atoms with van der Waals surface area (Å²) in [6, 6.07) is 7.57. The van der Waals surface area contributed by atoms with Crippen LogP contribution >= 0.6 is 0 Å². The lowest BCUT2D eigenvalue weighted by Crippen LogP contribution is -2.29. The second kappa shape index (κ2) is 5.25. The lowest BCUT2D eigenvalue weighted by atomic mass is 10.1. The Balaban J connectivity index is 2.00. The van der Waals surface area contributed by atoms with Gasteiger partial charge in [0.25, 0.3) is 0 Å². The van der Waals surface area contributed by atoms with Crippen molar-refractivity contribution in [2.45, 2.75) is 13.3 Å². The molecule has 7 heteroatoms. The zero-order valence-corrected chi connectivity index (χ0v) is 12.0. The molecule has 1 aliphatic rings. The summed E-state index contributed by atoms with van der Waals surface area (Å²) >= 11 is 0. The number of primary amides is 1. The first-order valence-corrected chi connectivity index (χ1v) is 6.88. The summed E-state index contributed by atoms with van der Waals surface area (Å²) in [6.07, 6.45) is 0.100. The topological polar surface area (TPSA) is 81.2 Å². The van der Waals surface area contributed by atoms with E-state index < -0.39 is 11.8 Å². The van der Waals surface area contributed by atoms with Crippen molar-refractivity contribution in [1.29, 1.82) is 0 Å². The molecule has 0 spiro atoms. The minimum atomic E-state index is -0.496. The molecule has 0 aliphatic carbocycles. The minimum Gasteiger partial charge on any atom is -0.369 e. The summed E-state index contributed by atoms with van der Waals surface area (Å²) < 4.78 is 14.6. The number of aromatic nitrogens is 2. The second-order valence-corrected chi connectivity index (χ2v) is 5.34. The Bertz CT molecular complexity index is 739. The Labute approximate surface area is 126 Å². The van der Waals surface area contributed by atoms with E-state index in [0.29, 0.717) is 11.5 Å². The molecule has 1 aromatic heterocycles. The molecule has 2 N–H and O–H groups in total. The predicted octanol–water partition coefficient (Wildman–Crippen LogP) is 1.16. The third kappa shape index (κ3) is 2.45. The van der Waals surface area contributed by atoms with E-state index in [-0.39, 0.29) is 24.7 Å². The molecule has 0 radical (unpaired) electrons. The summed E-state index contributed by atoms with van der Waals surface area (Å²) in [4.78, 5) is 25.0. The van der Waals surface area contributed by atoms with E-state index >= 15 is 0 Å². The number of hydrogen-bond acceptors (Lipinski definition) is 3. The van der Waals surface area contributed by atoms with Crippen LogP contribution in [-0.2, 0) is 9.59 Å². The molecule has 1 saturated heterocycles. The van der Waals surface area contributed by atoms with Gasteiger partial charge in [-0.3, -0.25) is 14.5 Å². The van der Waals surface area contributed by atoms with Crippen molar-refractivity contribution in [3.05, 3.63) is 41.8 Å². The molecular weight excluding hydrogens is 287 g/mol. The average molecular weight is 302 g/mol. The van der Waals surface area contributed by atoms with Crippen LogP contribution in [-0.4, -0.2) is 28.1 Å². The number of benzene rings is 1. The molecule has 1 fully saturated rings. The first kappa shape index (κ1) is 14.2. The van der Waals surface area contributed by atoms with Gasteiger partial charge < -0.3 is 5.73 Å². The number of amides is 2. The monoisotopic (exact) mass is 302 g/mol. The molecule has 1 unspecified atom stereocenters. The van der Waals surface area contributed by atoms with Crippen molar-refractivity contribution < 1.29 is 14.0 Å². The summed E-state index contributed by atoms with van der Waals surface area (Å²) in [5.41, 5.74) is 6.65. The molecule has 0 saturated carbocycles. The summed E-state index contributed by atoms with van der Waals surface area (Å²) in [5, 5.41) is 4.34. The fourth-order valence-corrected chi connectivity index (χ4v) is 2.57. The Morgan fingerprint density at radius 3 is 2.64 bits per heavy atom. The van der Waals surface area contributed by atoms with Crippen molar-refractivity contribution in [3.8, 4) is 5.69 Å². The molecule has 114 valence electrons. The maximum atomic E-state index is 13.1. The quantitative estimate of drug-likeness (QED) is 0.923. The van der Waals surface area contributed by atoms with Gasteiger partial charge in [0, 0.05) is 19.0 Å². The number of rotatable bonds is 3. The Hall–Kier alpha value is -2.70. The van der Waals surface area contributed by atoms with Crippen molar-refractivity contribution in [1.82, 2.24) is 9.78 Å². The standard InChI is InChI=1S/C15H15FN4O2/c1-9-6-13(19-8-10(15(17)22)7-14(19)21)20(18-9)12-4-2-11(16)3-5-12/h2-6,10H,7-8H2,1H3,(H2,17,22). The number of nitrogens with two attached hydrogens (primary N) is 1. The average Bonchev–Trinajstić information content (AvgIpc) is 3.03. The molecule has 0 bridgehead atoms. The number of anilines is 1. The van der Waals surface area contributed by atoms with E-state index in [4.69, 9.17) is 5.73 Å². The largest absolute Gasteiger partial charge is 0.369 e. The Morgan fingerprint density at radius 2 is 2.05 bits per heavy atom. The summed E-state index contributed by atoms with van der Waals surface area (Å²) in [6.45, 7) is 2.04. The van der Waals surface area contributed by atoms with Crippen LogP contribution in [0.4, 0.5) is 10.2 Å². The smallest absolute Gasteiger partial charge is 0.229 e. The predicted molar refractivity (Wildman–Crippen MR) is 77.9 cm³/mol. The highest BCUT2D eigenvalue weighted by atomic mass is 19.1. The van der Waals surface area contributed by atoms with Crippen LogP contribution in [0.1, 0.15) is 12.1 Å². The highest BCUT2D eigenvalue weighted by molar-refractivity contribution is 5.99. The third-order valence-electron chi connectivity index (χ3n) is 3.69. The van der Waals surface area contributed by atoms with Gasteiger partial charge in [0.1, 0.15) is 11.6 Å². The molecule has 22 heavy (non-hydrogen) atoms. The van der Waals surface area contributed by atoms with Gasteiger partial charge in [-0.05, 0) is 31.2 Å². The number of halogens is 1. The van der Waals surface area contributed by atoms with Crippen molar-refractivity contribution >= 4 is 17.6 Å². The van der Waals surface area contributed by atoms with Gasteiger partial charge >= 0.3 is 0 Å². The summed E-state index contributed by atoms with van der Waals surface area (Å²) in [7, 11) is 0. The van der Waals surface area contributed by atoms with Gasteiger partial charge in [-0.1, -0.05) is 0 Å². The molecule has 2 heterocycles. The second-order valence-electron chi connectivity index (χ2n) is 5.34. The highest BCUT2D eigenvalue weighted by Crippen LogP contribution is 2.28. The van der Waals surface area contributed by atoms with Crippen molar-refractivity contribution in [3.63, 3.8) is 0 Å². The van der Waals surface area contributed by atoms with E-state index in [0.717, 1.165) is 5.69 Å². The van der Waals surface area contributed by atoms with Crippen LogP contribution in [0.5, 0.6) is 0 Å². The van der Waals surface area contributed by atoms with Gasteiger partial charge in [-0.25, -0.2) is 9.07 Å². The first-order valence-electron chi connectivity index (χ1n) is 6.88. The molecule has 1 atom stereocenters. The number of carbonyl (C=O) groups excluding carboxylic acids is 2. The van der Waals surface area contributed by atoms with E-state index in [1.54, 1.807) is 29.8 Å². The molecule has 3 rings (SSSR count). The minimum absolute atomic E-state index is 0.100. The molecule has 2 amide bonds. The third-order valence-corrected chi connectivity index (χ3v) is 3.69. The van der Waals surface area contributed by atoms with Gasteiger partial charge in [0.05, 0.1) is 17.3 Å². The van der Waals surface area contributed by atoms with E-state index in [9.17, 15) is 14.0 Å². The van der Waals surface area contributed by atoms with Crippen molar-refractivity contribution in [2.75, 3.05) is 11.4 Å². The Kier molecular flexibility index (Phi) is 3.40. The van der Waals surface area contributed by atoms with Crippen LogP contribution in [0, 0.1) is 18.7 Å². The van der Waals surface area contributed by atoms with E-state index in [1.807, 2.05) is 0 Å². The molecule has 2 aromatic rings. The van der Waals surface area contributed by atoms with Gasteiger partial charge in [-0.15, -0.1) is 0 Å².